The normalized spacial score (nSPS) is 21.3. The Hall–Kier alpha value is -2.76. The maximum atomic E-state index is 13.0. The Morgan fingerprint density at radius 3 is 2.75 bits per heavy atom. The van der Waals surface area contributed by atoms with E-state index in [0.717, 1.165) is 30.5 Å². The third-order valence-electron chi connectivity index (χ3n) is 4.80. The molecule has 2 aliphatic heterocycles. The molecular weight excluding hydrogens is 304 g/mol. The molecule has 1 aromatic heterocycles. The van der Waals surface area contributed by atoms with Crippen LogP contribution in [-0.4, -0.2) is 32.7 Å². The maximum Gasteiger partial charge on any atom is 0.254 e. The van der Waals surface area contributed by atoms with Crippen molar-refractivity contribution >= 4 is 17.5 Å². The van der Waals surface area contributed by atoms with E-state index in [1.54, 1.807) is 30.6 Å². The molecule has 2 aliphatic rings. The summed E-state index contributed by atoms with van der Waals surface area (Å²) >= 11 is 0. The first-order valence-corrected chi connectivity index (χ1v) is 8.12. The molecule has 2 bridgehead atoms. The van der Waals surface area contributed by atoms with Crippen LogP contribution in [0, 0.1) is 0 Å². The first-order chi connectivity index (χ1) is 11.6. The third kappa shape index (κ3) is 2.44. The van der Waals surface area contributed by atoms with E-state index in [-0.39, 0.29) is 23.9 Å². The average molecular weight is 322 g/mol. The average Bonchev–Trinajstić information content (AvgIpc) is 2.89. The molecule has 2 aromatic rings. The summed E-state index contributed by atoms with van der Waals surface area (Å²) in [6.07, 6.45) is 6.17. The van der Waals surface area contributed by atoms with E-state index in [0.29, 0.717) is 11.3 Å². The highest BCUT2D eigenvalue weighted by atomic mass is 16.2. The van der Waals surface area contributed by atoms with Gasteiger partial charge in [-0.05, 0) is 37.1 Å². The van der Waals surface area contributed by atoms with Crippen LogP contribution in [0.15, 0.2) is 36.8 Å². The summed E-state index contributed by atoms with van der Waals surface area (Å²) < 4.78 is 0. The minimum atomic E-state index is -0.125. The number of anilines is 1. The second-order valence-corrected chi connectivity index (χ2v) is 6.35. The van der Waals surface area contributed by atoms with Gasteiger partial charge in [-0.15, -0.1) is 0 Å². The van der Waals surface area contributed by atoms with Gasteiger partial charge < -0.3 is 10.2 Å². The highest BCUT2D eigenvalue weighted by molar-refractivity contribution is 5.96. The highest BCUT2D eigenvalue weighted by Crippen LogP contribution is 2.43. The molecule has 0 radical (unpaired) electrons. The fraction of sp³-hybridized carbons (Fsp3) is 0.333. The van der Waals surface area contributed by atoms with E-state index in [2.05, 4.69) is 15.3 Å². The van der Waals surface area contributed by atoms with Crippen LogP contribution >= 0.6 is 0 Å². The largest absolute Gasteiger partial charge is 0.328 e. The number of hydrogen-bond donors (Lipinski definition) is 1. The zero-order chi connectivity index (χ0) is 16.7. The van der Waals surface area contributed by atoms with E-state index in [1.807, 2.05) is 11.1 Å². The summed E-state index contributed by atoms with van der Waals surface area (Å²) in [5.41, 5.74) is 3.48. The molecule has 6 heteroatoms. The molecule has 0 aliphatic carbocycles. The molecule has 0 saturated carbocycles. The highest BCUT2D eigenvalue weighted by Gasteiger charge is 2.43. The first-order valence-electron chi connectivity index (χ1n) is 8.12. The van der Waals surface area contributed by atoms with Crippen molar-refractivity contribution in [3.8, 4) is 0 Å². The molecular formula is C18H18N4O2. The van der Waals surface area contributed by atoms with Crippen molar-refractivity contribution in [1.82, 2.24) is 14.9 Å². The summed E-state index contributed by atoms with van der Waals surface area (Å²) in [4.78, 5) is 34.6. The monoisotopic (exact) mass is 322 g/mol. The minimum Gasteiger partial charge on any atom is -0.328 e. The number of fused-ring (bicyclic) bond motifs is 4. The van der Waals surface area contributed by atoms with Gasteiger partial charge in [0.2, 0.25) is 5.91 Å². The van der Waals surface area contributed by atoms with Crippen LogP contribution in [0.3, 0.4) is 0 Å². The molecule has 0 spiro atoms. The van der Waals surface area contributed by atoms with E-state index < -0.39 is 0 Å². The van der Waals surface area contributed by atoms with Crippen molar-refractivity contribution in [2.24, 2.45) is 0 Å². The van der Waals surface area contributed by atoms with Gasteiger partial charge in [0.05, 0.1) is 11.7 Å². The molecule has 2 unspecified atom stereocenters. The van der Waals surface area contributed by atoms with Crippen LogP contribution in [0.2, 0.25) is 0 Å². The van der Waals surface area contributed by atoms with Crippen LogP contribution in [0.5, 0.6) is 0 Å². The van der Waals surface area contributed by atoms with Crippen molar-refractivity contribution in [2.45, 2.75) is 38.3 Å². The summed E-state index contributed by atoms with van der Waals surface area (Å²) in [6.45, 7) is 1.46. The molecule has 2 amide bonds. The van der Waals surface area contributed by atoms with Crippen molar-refractivity contribution in [3.05, 3.63) is 53.6 Å². The van der Waals surface area contributed by atoms with Crippen LogP contribution in [0.1, 0.15) is 47.4 Å². The van der Waals surface area contributed by atoms with Gasteiger partial charge >= 0.3 is 0 Å². The first kappa shape index (κ1) is 14.8. The van der Waals surface area contributed by atoms with Crippen molar-refractivity contribution in [1.29, 1.82) is 0 Å². The van der Waals surface area contributed by atoms with Crippen LogP contribution in [0.25, 0.3) is 0 Å². The van der Waals surface area contributed by atoms with Crippen molar-refractivity contribution in [2.75, 3.05) is 5.32 Å². The Kier molecular flexibility index (Phi) is 3.52. The van der Waals surface area contributed by atoms with Gasteiger partial charge in [-0.3, -0.25) is 9.59 Å². The predicted octanol–water partition coefficient (Wildman–Crippen LogP) is 2.34. The Bertz CT molecular complexity index is 803. The molecule has 3 heterocycles. The lowest BCUT2D eigenvalue weighted by Gasteiger charge is -2.35. The smallest absolute Gasteiger partial charge is 0.254 e. The van der Waals surface area contributed by atoms with Gasteiger partial charge in [0.1, 0.15) is 6.33 Å². The Morgan fingerprint density at radius 2 is 2.00 bits per heavy atom. The molecule has 24 heavy (non-hydrogen) atoms. The summed E-state index contributed by atoms with van der Waals surface area (Å²) in [5.74, 6) is -0.0915. The number of benzene rings is 1. The van der Waals surface area contributed by atoms with E-state index in [9.17, 15) is 9.59 Å². The second kappa shape index (κ2) is 5.70. The molecule has 6 nitrogen and oxygen atoms in total. The maximum absolute atomic E-state index is 13.0. The lowest BCUT2D eigenvalue weighted by atomic mass is 9.98. The Balaban J connectivity index is 1.60. The van der Waals surface area contributed by atoms with Gasteiger partial charge in [0, 0.05) is 42.4 Å². The molecule has 2 atom stereocenters. The second-order valence-electron chi connectivity index (χ2n) is 6.35. The molecule has 1 N–H and O–H groups in total. The van der Waals surface area contributed by atoms with Gasteiger partial charge in [-0.1, -0.05) is 0 Å². The van der Waals surface area contributed by atoms with E-state index in [4.69, 9.17) is 0 Å². The fourth-order valence-corrected chi connectivity index (χ4v) is 3.78. The number of rotatable bonds is 2. The SMILES string of the molecule is CC(=O)Nc1ccc(C(=O)N2C3CCC2c2cncnc2C3)cc1. The van der Waals surface area contributed by atoms with E-state index in [1.165, 1.54) is 6.92 Å². The van der Waals surface area contributed by atoms with Crippen LogP contribution < -0.4 is 5.32 Å². The fourth-order valence-electron chi connectivity index (χ4n) is 3.78. The third-order valence-corrected chi connectivity index (χ3v) is 4.80. The van der Waals surface area contributed by atoms with Gasteiger partial charge in [0.25, 0.3) is 5.91 Å². The van der Waals surface area contributed by atoms with Crippen LogP contribution in [0.4, 0.5) is 5.69 Å². The summed E-state index contributed by atoms with van der Waals surface area (Å²) in [7, 11) is 0. The Morgan fingerprint density at radius 1 is 1.21 bits per heavy atom. The number of carbonyl (C=O) groups is 2. The van der Waals surface area contributed by atoms with Gasteiger partial charge in [0.15, 0.2) is 0 Å². The lowest BCUT2D eigenvalue weighted by molar-refractivity contribution is -0.114. The van der Waals surface area contributed by atoms with Crippen LogP contribution in [-0.2, 0) is 11.2 Å². The molecule has 1 fully saturated rings. The summed E-state index contributed by atoms with van der Waals surface area (Å²) in [5, 5.41) is 2.71. The van der Waals surface area contributed by atoms with Crippen molar-refractivity contribution in [3.63, 3.8) is 0 Å². The number of amides is 2. The zero-order valence-electron chi connectivity index (χ0n) is 13.4. The predicted molar refractivity (Wildman–Crippen MR) is 88.4 cm³/mol. The lowest BCUT2D eigenvalue weighted by Crippen LogP contribution is -2.42. The molecule has 122 valence electrons. The van der Waals surface area contributed by atoms with Crippen molar-refractivity contribution < 1.29 is 9.59 Å². The number of carbonyl (C=O) groups excluding carboxylic acids is 2. The number of nitrogens with zero attached hydrogens (tertiary/aromatic N) is 3. The van der Waals surface area contributed by atoms with Gasteiger partial charge in [-0.25, -0.2) is 9.97 Å². The van der Waals surface area contributed by atoms with E-state index >= 15 is 0 Å². The number of aromatic nitrogens is 2. The molecule has 1 aromatic carbocycles. The standard InChI is InChI=1S/C18H18N4O2/c1-11(23)21-13-4-2-12(3-5-13)18(24)22-14-6-7-17(22)15-9-19-10-20-16(15)8-14/h2-5,9-10,14,17H,6-8H2,1H3,(H,21,23). The molecule has 1 saturated heterocycles. The topological polar surface area (TPSA) is 75.2 Å². The quantitative estimate of drug-likeness (QED) is 0.921. The minimum absolute atomic E-state index is 0.0337. The zero-order valence-corrected chi connectivity index (χ0v) is 13.4. The number of hydrogen-bond acceptors (Lipinski definition) is 4. The number of nitrogens with one attached hydrogen (secondary N) is 1. The van der Waals surface area contributed by atoms with Gasteiger partial charge in [-0.2, -0.15) is 0 Å². The molecule has 4 rings (SSSR count). The summed E-state index contributed by atoms with van der Waals surface area (Å²) in [6, 6.07) is 7.34. The Labute approximate surface area is 139 Å².